The summed E-state index contributed by atoms with van der Waals surface area (Å²) in [6.45, 7) is 4.18. The highest BCUT2D eigenvalue weighted by atomic mass is 35.7. The minimum atomic E-state index is -3.85. The van der Waals surface area contributed by atoms with Crippen LogP contribution in [0, 0.1) is 0 Å². The molecular weight excluding hydrogens is 290 g/mol. The molecule has 0 saturated carbocycles. The first-order chi connectivity index (χ1) is 8.62. The summed E-state index contributed by atoms with van der Waals surface area (Å²) in [6, 6.07) is 0. The molecule has 1 heterocycles. The fourth-order valence-electron chi connectivity index (χ4n) is 1.60. The lowest BCUT2D eigenvalue weighted by molar-refractivity contribution is -0.128. The van der Waals surface area contributed by atoms with E-state index in [1.54, 1.807) is 18.7 Å². The summed E-state index contributed by atoms with van der Waals surface area (Å²) >= 11 is 0. The Morgan fingerprint density at radius 3 is 2.47 bits per heavy atom. The molecule has 0 unspecified atom stereocenters. The Morgan fingerprint density at radius 2 is 2.05 bits per heavy atom. The van der Waals surface area contributed by atoms with Crippen LogP contribution in [0.4, 0.5) is 0 Å². The molecule has 0 bridgehead atoms. The van der Waals surface area contributed by atoms with Crippen molar-refractivity contribution in [2.75, 3.05) is 14.1 Å². The van der Waals surface area contributed by atoms with Crippen LogP contribution >= 0.6 is 10.7 Å². The van der Waals surface area contributed by atoms with Crippen molar-refractivity contribution in [2.45, 2.75) is 37.8 Å². The SMILES string of the molecule is CC(C)c1nc(S(=O)(=O)Cl)cn1CCC(=O)N(C)C. The molecule has 6 nitrogen and oxygen atoms in total. The third-order valence-corrected chi connectivity index (χ3v) is 3.79. The maximum atomic E-state index is 11.5. The van der Waals surface area contributed by atoms with Crippen molar-refractivity contribution in [3.8, 4) is 0 Å². The molecule has 1 rings (SSSR count). The van der Waals surface area contributed by atoms with Crippen molar-refractivity contribution in [1.29, 1.82) is 0 Å². The van der Waals surface area contributed by atoms with Crippen LogP contribution in [-0.4, -0.2) is 42.9 Å². The number of hydrogen-bond acceptors (Lipinski definition) is 4. The molecule has 0 aromatic carbocycles. The van der Waals surface area contributed by atoms with Gasteiger partial charge in [-0.1, -0.05) is 13.8 Å². The van der Waals surface area contributed by atoms with E-state index in [2.05, 4.69) is 4.98 Å². The van der Waals surface area contributed by atoms with E-state index < -0.39 is 9.05 Å². The molecule has 0 aliphatic heterocycles. The van der Waals surface area contributed by atoms with Crippen molar-refractivity contribution in [3.63, 3.8) is 0 Å². The van der Waals surface area contributed by atoms with E-state index in [1.807, 2.05) is 13.8 Å². The monoisotopic (exact) mass is 307 g/mol. The number of imidazole rings is 1. The molecule has 0 aliphatic rings. The highest BCUT2D eigenvalue weighted by molar-refractivity contribution is 8.13. The Hall–Kier alpha value is -1.08. The second kappa shape index (κ2) is 5.92. The standard InChI is InChI=1S/C11H18ClN3O3S/c1-8(2)11-13-9(19(12,17)18)7-15(11)6-5-10(16)14(3)4/h7-8H,5-6H2,1-4H3. The van der Waals surface area contributed by atoms with Crippen LogP contribution in [-0.2, 0) is 20.4 Å². The maximum Gasteiger partial charge on any atom is 0.280 e. The topological polar surface area (TPSA) is 72.3 Å². The number of carbonyl (C=O) groups is 1. The van der Waals surface area contributed by atoms with Gasteiger partial charge >= 0.3 is 0 Å². The van der Waals surface area contributed by atoms with Crippen LogP contribution < -0.4 is 0 Å². The van der Waals surface area contributed by atoms with Gasteiger partial charge in [0.2, 0.25) is 5.91 Å². The number of nitrogens with zero attached hydrogens (tertiary/aromatic N) is 3. The fourth-order valence-corrected chi connectivity index (χ4v) is 2.28. The first kappa shape index (κ1) is 16.0. The second-order valence-electron chi connectivity index (χ2n) is 4.76. The minimum Gasteiger partial charge on any atom is -0.349 e. The van der Waals surface area contributed by atoms with Gasteiger partial charge in [0.1, 0.15) is 5.82 Å². The van der Waals surface area contributed by atoms with E-state index in [1.165, 1.54) is 11.1 Å². The van der Waals surface area contributed by atoms with Gasteiger partial charge in [-0.15, -0.1) is 0 Å². The Kier molecular flexibility index (Phi) is 4.98. The highest BCUT2D eigenvalue weighted by Crippen LogP contribution is 2.20. The average molecular weight is 308 g/mol. The summed E-state index contributed by atoms with van der Waals surface area (Å²) in [6.07, 6.45) is 1.66. The van der Waals surface area contributed by atoms with Crippen LogP contribution in [0.25, 0.3) is 0 Å². The number of aromatic nitrogens is 2. The van der Waals surface area contributed by atoms with E-state index in [4.69, 9.17) is 10.7 Å². The molecule has 0 N–H and O–H groups in total. The molecular formula is C11H18ClN3O3S. The molecule has 0 radical (unpaired) electrons. The molecule has 1 amide bonds. The highest BCUT2D eigenvalue weighted by Gasteiger charge is 2.19. The fraction of sp³-hybridized carbons (Fsp3) is 0.636. The minimum absolute atomic E-state index is 0.0290. The predicted octanol–water partition coefficient (Wildman–Crippen LogP) is 1.41. The first-order valence-corrected chi connectivity index (χ1v) is 8.15. The zero-order chi connectivity index (χ0) is 14.8. The molecule has 0 fully saturated rings. The van der Waals surface area contributed by atoms with E-state index in [0.29, 0.717) is 12.4 Å². The third-order valence-electron chi connectivity index (χ3n) is 2.62. The Labute approximate surface area is 117 Å². The van der Waals surface area contributed by atoms with Crippen molar-refractivity contribution in [2.24, 2.45) is 0 Å². The number of aryl methyl sites for hydroxylation is 1. The number of halogens is 1. The van der Waals surface area contributed by atoms with Crippen molar-refractivity contribution in [3.05, 3.63) is 12.0 Å². The van der Waals surface area contributed by atoms with Gasteiger partial charge in [-0.25, -0.2) is 13.4 Å². The van der Waals surface area contributed by atoms with E-state index in [9.17, 15) is 13.2 Å². The van der Waals surface area contributed by atoms with E-state index >= 15 is 0 Å². The summed E-state index contributed by atoms with van der Waals surface area (Å²) in [5.74, 6) is 0.617. The summed E-state index contributed by atoms with van der Waals surface area (Å²) in [7, 11) is 4.78. The smallest absolute Gasteiger partial charge is 0.280 e. The molecule has 0 aliphatic carbocycles. The third kappa shape index (κ3) is 4.21. The summed E-state index contributed by atoms with van der Waals surface area (Å²) in [5, 5.41) is -0.171. The predicted molar refractivity (Wildman–Crippen MR) is 72.7 cm³/mol. The normalized spacial score (nSPS) is 11.9. The summed E-state index contributed by atoms with van der Waals surface area (Å²) in [4.78, 5) is 17.1. The lowest BCUT2D eigenvalue weighted by Crippen LogP contribution is -2.23. The van der Waals surface area contributed by atoms with Gasteiger partial charge < -0.3 is 9.47 Å². The Balaban J connectivity index is 2.99. The number of rotatable bonds is 5. The van der Waals surface area contributed by atoms with Crippen LogP contribution in [0.3, 0.4) is 0 Å². The van der Waals surface area contributed by atoms with E-state index in [0.717, 1.165) is 0 Å². The van der Waals surface area contributed by atoms with Gasteiger partial charge in [0.15, 0.2) is 5.03 Å². The summed E-state index contributed by atoms with van der Waals surface area (Å²) < 4.78 is 24.2. The molecule has 0 atom stereocenters. The van der Waals surface area contributed by atoms with Gasteiger partial charge in [-0.2, -0.15) is 0 Å². The first-order valence-electron chi connectivity index (χ1n) is 5.84. The molecule has 1 aromatic rings. The van der Waals surface area contributed by atoms with Crippen LogP contribution in [0.5, 0.6) is 0 Å². The lowest BCUT2D eigenvalue weighted by Gasteiger charge is -2.12. The van der Waals surface area contributed by atoms with Gasteiger partial charge in [0, 0.05) is 49.9 Å². The van der Waals surface area contributed by atoms with Crippen molar-refractivity contribution < 1.29 is 13.2 Å². The zero-order valence-corrected chi connectivity index (χ0v) is 13.0. The second-order valence-corrected chi connectivity index (χ2v) is 7.27. The van der Waals surface area contributed by atoms with Crippen LogP contribution in [0.1, 0.15) is 32.0 Å². The number of carbonyl (C=O) groups excluding carboxylic acids is 1. The number of amides is 1. The largest absolute Gasteiger partial charge is 0.349 e. The average Bonchev–Trinajstić information content (AvgIpc) is 2.69. The van der Waals surface area contributed by atoms with Gasteiger partial charge in [-0.3, -0.25) is 4.79 Å². The zero-order valence-electron chi connectivity index (χ0n) is 11.4. The quantitative estimate of drug-likeness (QED) is 0.771. The maximum absolute atomic E-state index is 11.5. The lowest BCUT2D eigenvalue weighted by atomic mass is 10.2. The molecule has 8 heteroatoms. The van der Waals surface area contributed by atoms with Crippen LogP contribution in [0.15, 0.2) is 11.2 Å². The van der Waals surface area contributed by atoms with Crippen LogP contribution in [0.2, 0.25) is 0 Å². The van der Waals surface area contributed by atoms with Gasteiger partial charge in [0.25, 0.3) is 9.05 Å². The molecule has 0 saturated heterocycles. The molecule has 19 heavy (non-hydrogen) atoms. The molecule has 108 valence electrons. The summed E-state index contributed by atoms with van der Waals surface area (Å²) in [5.41, 5.74) is 0. The van der Waals surface area contributed by atoms with Crippen molar-refractivity contribution in [1.82, 2.24) is 14.5 Å². The molecule has 0 spiro atoms. The van der Waals surface area contributed by atoms with Crippen molar-refractivity contribution >= 4 is 25.6 Å². The van der Waals surface area contributed by atoms with Gasteiger partial charge in [-0.05, 0) is 0 Å². The van der Waals surface area contributed by atoms with Gasteiger partial charge in [0.05, 0.1) is 0 Å². The molecule has 1 aromatic heterocycles. The van der Waals surface area contributed by atoms with E-state index in [-0.39, 0.29) is 23.3 Å². The Morgan fingerprint density at radius 1 is 1.47 bits per heavy atom. The Bertz CT molecular complexity index is 564. The number of hydrogen-bond donors (Lipinski definition) is 0.